The number of carbonyl (C=O) groups excluding carboxylic acids is 1. The van der Waals surface area contributed by atoms with Gasteiger partial charge in [-0.1, -0.05) is 23.8 Å². The Labute approximate surface area is 124 Å². The number of aromatic nitrogens is 2. The number of fused-ring (bicyclic) bond motifs is 1. The molecule has 0 bridgehead atoms. The Hall–Kier alpha value is -2.30. The van der Waals surface area contributed by atoms with Crippen LogP contribution in [-0.2, 0) is 17.8 Å². The molecule has 2 aromatic rings. The SMILES string of the molecule is Cc1ccc(C)c(CC(=O)Nc2cnn3c2NCCC3)c1. The van der Waals surface area contributed by atoms with E-state index >= 15 is 0 Å². The molecule has 2 heterocycles. The minimum Gasteiger partial charge on any atom is -0.368 e. The summed E-state index contributed by atoms with van der Waals surface area (Å²) in [6.07, 6.45) is 3.16. The van der Waals surface area contributed by atoms with Crippen LogP contribution in [0.5, 0.6) is 0 Å². The van der Waals surface area contributed by atoms with Gasteiger partial charge >= 0.3 is 0 Å². The van der Waals surface area contributed by atoms with Crippen LogP contribution in [0.2, 0.25) is 0 Å². The Kier molecular flexibility index (Phi) is 3.64. The second kappa shape index (κ2) is 5.60. The van der Waals surface area contributed by atoms with Gasteiger partial charge in [0.2, 0.25) is 5.91 Å². The number of amides is 1. The zero-order valence-corrected chi connectivity index (χ0v) is 12.4. The summed E-state index contributed by atoms with van der Waals surface area (Å²) in [6, 6.07) is 6.19. The molecule has 2 N–H and O–H groups in total. The molecule has 1 aliphatic rings. The minimum absolute atomic E-state index is 0.00752. The highest BCUT2D eigenvalue weighted by atomic mass is 16.1. The molecule has 0 saturated heterocycles. The van der Waals surface area contributed by atoms with E-state index in [-0.39, 0.29) is 5.91 Å². The summed E-state index contributed by atoms with van der Waals surface area (Å²) in [5, 5.41) is 10.5. The van der Waals surface area contributed by atoms with E-state index in [1.807, 2.05) is 18.5 Å². The largest absolute Gasteiger partial charge is 0.368 e. The molecule has 0 fully saturated rings. The molecular weight excluding hydrogens is 264 g/mol. The second-order valence-electron chi connectivity index (χ2n) is 5.57. The van der Waals surface area contributed by atoms with Crippen LogP contribution in [0.15, 0.2) is 24.4 Å². The molecule has 0 atom stereocenters. The van der Waals surface area contributed by atoms with Gasteiger partial charge in [0.1, 0.15) is 11.5 Å². The van der Waals surface area contributed by atoms with E-state index in [2.05, 4.69) is 33.9 Å². The van der Waals surface area contributed by atoms with Crippen molar-refractivity contribution in [1.29, 1.82) is 0 Å². The Bertz CT molecular complexity index is 675. The van der Waals surface area contributed by atoms with Crippen molar-refractivity contribution >= 4 is 17.4 Å². The number of anilines is 2. The number of hydrogen-bond donors (Lipinski definition) is 2. The van der Waals surface area contributed by atoms with Gasteiger partial charge in [-0.25, -0.2) is 4.68 Å². The fourth-order valence-electron chi connectivity index (χ4n) is 2.63. The number of benzene rings is 1. The van der Waals surface area contributed by atoms with Gasteiger partial charge in [0, 0.05) is 13.1 Å². The van der Waals surface area contributed by atoms with Crippen LogP contribution in [0.1, 0.15) is 23.1 Å². The molecule has 1 aliphatic heterocycles. The molecule has 21 heavy (non-hydrogen) atoms. The molecule has 1 aromatic carbocycles. The summed E-state index contributed by atoms with van der Waals surface area (Å²) in [4.78, 5) is 12.3. The fourth-order valence-corrected chi connectivity index (χ4v) is 2.63. The quantitative estimate of drug-likeness (QED) is 0.910. The molecular formula is C16H20N4O. The van der Waals surface area contributed by atoms with Crippen molar-refractivity contribution in [2.75, 3.05) is 17.2 Å². The number of carbonyl (C=O) groups is 1. The van der Waals surface area contributed by atoms with Gasteiger partial charge in [-0.3, -0.25) is 4.79 Å². The molecule has 0 spiro atoms. The Morgan fingerprint density at radius 1 is 1.43 bits per heavy atom. The van der Waals surface area contributed by atoms with Crippen LogP contribution in [-0.4, -0.2) is 22.2 Å². The summed E-state index contributed by atoms with van der Waals surface area (Å²) >= 11 is 0. The maximum Gasteiger partial charge on any atom is 0.228 e. The molecule has 5 heteroatoms. The normalized spacial score (nSPS) is 13.4. The van der Waals surface area contributed by atoms with Crippen LogP contribution in [0.4, 0.5) is 11.5 Å². The van der Waals surface area contributed by atoms with Gasteiger partial charge in [-0.05, 0) is 31.4 Å². The van der Waals surface area contributed by atoms with Crippen molar-refractivity contribution in [2.24, 2.45) is 0 Å². The Morgan fingerprint density at radius 2 is 2.29 bits per heavy atom. The van der Waals surface area contributed by atoms with E-state index in [9.17, 15) is 4.79 Å². The van der Waals surface area contributed by atoms with Crippen molar-refractivity contribution in [2.45, 2.75) is 33.2 Å². The number of nitrogens with zero attached hydrogens (tertiary/aromatic N) is 2. The topological polar surface area (TPSA) is 59.0 Å². The smallest absolute Gasteiger partial charge is 0.228 e. The average molecular weight is 284 g/mol. The first-order valence-electron chi connectivity index (χ1n) is 7.29. The number of nitrogens with one attached hydrogen (secondary N) is 2. The van der Waals surface area contributed by atoms with Gasteiger partial charge in [0.25, 0.3) is 0 Å². The number of rotatable bonds is 3. The second-order valence-corrected chi connectivity index (χ2v) is 5.57. The average Bonchev–Trinajstić information content (AvgIpc) is 2.86. The van der Waals surface area contributed by atoms with Crippen LogP contribution in [0, 0.1) is 13.8 Å². The third kappa shape index (κ3) is 2.91. The predicted molar refractivity (Wildman–Crippen MR) is 83.6 cm³/mol. The minimum atomic E-state index is -0.00752. The van der Waals surface area contributed by atoms with Crippen molar-refractivity contribution in [3.63, 3.8) is 0 Å². The maximum absolute atomic E-state index is 12.3. The highest BCUT2D eigenvalue weighted by molar-refractivity contribution is 5.95. The standard InChI is InChI=1S/C16H20N4O/c1-11-4-5-12(2)13(8-11)9-15(21)19-14-10-18-20-7-3-6-17-16(14)20/h4-5,8,10,17H,3,6-7,9H2,1-2H3,(H,19,21). The Morgan fingerprint density at radius 3 is 3.14 bits per heavy atom. The molecule has 0 aliphatic carbocycles. The third-order valence-corrected chi connectivity index (χ3v) is 3.81. The third-order valence-electron chi connectivity index (χ3n) is 3.81. The molecule has 3 rings (SSSR count). The van der Waals surface area contributed by atoms with Gasteiger partial charge in [-0.15, -0.1) is 0 Å². The van der Waals surface area contributed by atoms with Crippen molar-refractivity contribution in [3.8, 4) is 0 Å². The summed E-state index contributed by atoms with van der Waals surface area (Å²) in [6.45, 7) is 5.89. The molecule has 110 valence electrons. The van der Waals surface area contributed by atoms with E-state index in [4.69, 9.17) is 0 Å². The predicted octanol–water partition coefficient (Wildman–Crippen LogP) is 2.50. The molecule has 1 aromatic heterocycles. The van der Waals surface area contributed by atoms with Gasteiger partial charge in [-0.2, -0.15) is 5.10 Å². The number of hydrogen-bond acceptors (Lipinski definition) is 3. The van der Waals surface area contributed by atoms with E-state index in [1.165, 1.54) is 5.56 Å². The van der Waals surface area contributed by atoms with E-state index < -0.39 is 0 Å². The van der Waals surface area contributed by atoms with E-state index in [0.717, 1.165) is 42.1 Å². The van der Waals surface area contributed by atoms with Crippen LogP contribution >= 0.6 is 0 Å². The molecule has 1 amide bonds. The zero-order chi connectivity index (χ0) is 14.8. The lowest BCUT2D eigenvalue weighted by Crippen LogP contribution is -2.20. The van der Waals surface area contributed by atoms with Crippen LogP contribution in [0.3, 0.4) is 0 Å². The first-order chi connectivity index (χ1) is 10.1. The molecule has 0 radical (unpaired) electrons. The zero-order valence-electron chi connectivity index (χ0n) is 12.4. The lowest BCUT2D eigenvalue weighted by molar-refractivity contribution is -0.115. The van der Waals surface area contributed by atoms with Crippen molar-refractivity contribution < 1.29 is 4.79 Å². The van der Waals surface area contributed by atoms with Gasteiger partial charge in [0.05, 0.1) is 12.6 Å². The highest BCUT2D eigenvalue weighted by Gasteiger charge is 2.16. The first kappa shape index (κ1) is 13.7. The maximum atomic E-state index is 12.3. The van der Waals surface area contributed by atoms with Crippen molar-refractivity contribution in [1.82, 2.24) is 9.78 Å². The van der Waals surface area contributed by atoms with E-state index in [1.54, 1.807) is 6.20 Å². The summed E-state index contributed by atoms with van der Waals surface area (Å²) in [7, 11) is 0. The molecule has 5 nitrogen and oxygen atoms in total. The summed E-state index contributed by atoms with van der Waals surface area (Å²) < 4.78 is 1.90. The van der Waals surface area contributed by atoms with Gasteiger partial charge in [0.15, 0.2) is 0 Å². The molecule has 0 unspecified atom stereocenters. The monoisotopic (exact) mass is 284 g/mol. The summed E-state index contributed by atoms with van der Waals surface area (Å²) in [5.41, 5.74) is 4.16. The van der Waals surface area contributed by atoms with E-state index in [0.29, 0.717) is 6.42 Å². The van der Waals surface area contributed by atoms with Gasteiger partial charge < -0.3 is 10.6 Å². The lowest BCUT2D eigenvalue weighted by atomic mass is 10.0. The fraction of sp³-hybridized carbons (Fsp3) is 0.375. The lowest BCUT2D eigenvalue weighted by Gasteiger charge is -2.17. The number of aryl methyl sites for hydroxylation is 3. The van der Waals surface area contributed by atoms with Crippen LogP contribution in [0.25, 0.3) is 0 Å². The highest BCUT2D eigenvalue weighted by Crippen LogP contribution is 2.24. The first-order valence-corrected chi connectivity index (χ1v) is 7.29. The molecule has 0 saturated carbocycles. The Balaban J connectivity index is 1.72. The van der Waals surface area contributed by atoms with Crippen molar-refractivity contribution in [3.05, 3.63) is 41.1 Å². The van der Waals surface area contributed by atoms with Crippen LogP contribution < -0.4 is 10.6 Å². The summed E-state index contributed by atoms with van der Waals surface area (Å²) in [5.74, 6) is 0.905.